The van der Waals surface area contributed by atoms with Gasteiger partial charge in [-0.15, -0.1) is 11.3 Å². The summed E-state index contributed by atoms with van der Waals surface area (Å²) in [4.78, 5) is 17.4. The zero-order valence-corrected chi connectivity index (χ0v) is 15.5. The van der Waals surface area contributed by atoms with Crippen LogP contribution >= 0.6 is 11.3 Å². The fourth-order valence-corrected chi connectivity index (χ4v) is 4.47. The van der Waals surface area contributed by atoms with Crippen LogP contribution in [-0.2, 0) is 21.2 Å². The maximum atomic E-state index is 12.4. The third-order valence-electron chi connectivity index (χ3n) is 3.85. The quantitative estimate of drug-likeness (QED) is 0.804. The maximum absolute atomic E-state index is 12.4. The molecule has 0 bridgehead atoms. The van der Waals surface area contributed by atoms with Crippen molar-refractivity contribution in [3.8, 4) is 0 Å². The lowest BCUT2D eigenvalue weighted by Crippen LogP contribution is -2.43. The van der Waals surface area contributed by atoms with Crippen LogP contribution in [0.3, 0.4) is 0 Å². The lowest BCUT2D eigenvalue weighted by Gasteiger charge is -2.20. The molecule has 0 aromatic carbocycles. The van der Waals surface area contributed by atoms with Gasteiger partial charge in [0, 0.05) is 20.0 Å². The van der Waals surface area contributed by atoms with Gasteiger partial charge in [0.2, 0.25) is 10.0 Å². The topological polar surface area (TPSA) is 88.6 Å². The van der Waals surface area contributed by atoms with E-state index in [1.807, 2.05) is 13.8 Å². The molecule has 9 heteroatoms. The zero-order valence-electron chi connectivity index (χ0n) is 13.8. The second kappa shape index (κ2) is 7.25. The molecule has 130 valence electrons. The van der Waals surface area contributed by atoms with Crippen LogP contribution in [0.1, 0.15) is 27.3 Å². The molecule has 0 radical (unpaired) electrons. The van der Waals surface area contributed by atoms with E-state index in [0.29, 0.717) is 23.8 Å². The Balaban J connectivity index is 2.06. The number of hydrogen-bond donors (Lipinski definition) is 1. The highest BCUT2D eigenvalue weighted by atomic mass is 32.2. The van der Waals surface area contributed by atoms with E-state index in [-0.39, 0.29) is 23.6 Å². The van der Waals surface area contributed by atoms with Gasteiger partial charge in [0.25, 0.3) is 5.91 Å². The van der Waals surface area contributed by atoms with Gasteiger partial charge in [0.05, 0.1) is 35.7 Å². The minimum Gasteiger partial charge on any atom is -0.379 e. The van der Waals surface area contributed by atoms with Crippen molar-refractivity contribution in [2.45, 2.75) is 26.3 Å². The summed E-state index contributed by atoms with van der Waals surface area (Å²) in [5.74, 6) is -0.486. The third-order valence-corrected chi connectivity index (χ3v) is 7.11. The number of carbonyl (C=O) groups is 1. The highest BCUT2D eigenvalue weighted by molar-refractivity contribution is 7.89. The van der Waals surface area contributed by atoms with Crippen molar-refractivity contribution >= 4 is 27.3 Å². The summed E-state index contributed by atoms with van der Waals surface area (Å²) >= 11 is 1.38. The molecule has 0 aliphatic carbocycles. The SMILES string of the molecule is CCc1nc(C)c(C(=O)N[C@@H]2COC[C@H]2CS(=O)(=O)N(C)C)s1. The van der Waals surface area contributed by atoms with Gasteiger partial charge >= 0.3 is 0 Å². The van der Waals surface area contributed by atoms with E-state index >= 15 is 0 Å². The molecule has 0 unspecified atom stereocenters. The van der Waals surface area contributed by atoms with Crippen LogP contribution in [0.4, 0.5) is 0 Å². The summed E-state index contributed by atoms with van der Waals surface area (Å²) in [6.45, 7) is 4.47. The van der Waals surface area contributed by atoms with Gasteiger partial charge in [-0.25, -0.2) is 17.7 Å². The van der Waals surface area contributed by atoms with Crippen LogP contribution in [0.25, 0.3) is 0 Å². The van der Waals surface area contributed by atoms with Crippen molar-refractivity contribution in [1.29, 1.82) is 0 Å². The molecule has 2 heterocycles. The van der Waals surface area contributed by atoms with Crippen molar-refractivity contribution in [1.82, 2.24) is 14.6 Å². The first-order valence-corrected chi connectivity index (χ1v) is 9.92. The van der Waals surface area contributed by atoms with Gasteiger partial charge in [0.1, 0.15) is 4.88 Å². The third kappa shape index (κ3) is 4.28. The first-order valence-electron chi connectivity index (χ1n) is 7.49. The Morgan fingerprint density at radius 3 is 2.70 bits per heavy atom. The number of carbonyl (C=O) groups excluding carboxylic acids is 1. The molecule has 1 aromatic heterocycles. The molecule has 1 aliphatic heterocycles. The van der Waals surface area contributed by atoms with E-state index in [2.05, 4.69) is 10.3 Å². The molecule has 1 aliphatic rings. The van der Waals surface area contributed by atoms with Crippen molar-refractivity contribution in [3.05, 3.63) is 15.6 Å². The van der Waals surface area contributed by atoms with Crippen LogP contribution < -0.4 is 5.32 Å². The van der Waals surface area contributed by atoms with E-state index in [9.17, 15) is 13.2 Å². The smallest absolute Gasteiger partial charge is 0.263 e. The Hall–Kier alpha value is -1.03. The predicted octanol–water partition coefficient (Wildman–Crippen LogP) is 0.650. The van der Waals surface area contributed by atoms with Crippen molar-refractivity contribution in [3.63, 3.8) is 0 Å². The van der Waals surface area contributed by atoms with Gasteiger partial charge in [-0.05, 0) is 13.3 Å². The number of thiazole rings is 1. The van der Waals surface area contributed by atoms with Gasteiger partial charge < -0.3 is 10.1 Å². The number of hydrogen-bond acceptors (Lipinski definition) is 6. The predicted molar refractivity (Wildman–Crippen MR) is 89.3 cm³/mol. The molecule has 0 saturated carbocycles. The molecule has 1 aromatic rings. The number of ether oxygens (including phenoxy) is 1. The molecular weight excluding hydrogens is 338 g/mol. The second-order valence-corrected chi connectivity index (χ2v) is 9.13. The molecule has 0 spiro atoms. The molecule has 1 saturated heterocycles. The molecule has 2 atom stereocenters. The number of aryl methyl sites for hydroxylation is 2. The van der Waals surface area contributed by atoms with Gasteiger partial charge in [-0.1, -0.05) is 6.92 Å². The van der Waals surface area contributed by atoms with E-state index in [1.54, 1.807) is 0 Å². The molecule has 1 fully saturated rings. The highest BCUT2D eigenvalue weighted by Crippen LogP contribution is 2.21. The minimum absolute atomic E-state index is 0.0349. The zero-order chi connectivity index (χ0) is 17.2. The second-order valence-electron chi connectivity index (χ2n) is 5.81. The van der Waals surface area contributed by atoms with Crippen LogP contribution in [0, 0.1) is 12.8 Å². The van der Waals surface area contributed by atoms with Crippen LogP contribution in [-0.4, -0.2) is 62.7 Å². The Morgan fingerprint density at radius 1 is 1.43 bits per heavy atom. The number of nitrogens with zero attached hydrogens (tertiary/aromatic N) is 2. The number of amides is 1. The fraction of sp³-hybridized carbons (Fsp3) is 0.714. The van der Waals surface area contributed by atoms with Gasteiger partial charge in [-0.3, -0.25) is 4.79 Å². The van der Waals surface area contributed by atoms with Gasteiger partial charge in [0.15, 0.2) is 0 Å². The summed E-state index contributed by atoms with van der Waals surface area (Å²) in [5.41, 5.74) is 0.709. The number of aromatic nitrogens is 1. The van der Waals surface area contributed by atoms with Crippen molar-refractivity contribution in [2.24, 2.45) is 5.92 Å². The Bertz CT molecular complexity index is 670. The number of rotatable bonds is 6. The lowest BCUT2D eigenvalue weighted by molar-refractivity contribution is 0.0929. The van der Waals surface area contributed by atoms with Crippen LogP contribution in [0.5, 0.6) is 0 Å². The first-order chi connectivity index (χ1) is 10.7. The summed E-state index contributed by atoms with van der Waals surface area (Å²) in [6, 6.07) is -0.302. The standard InChI is InChI=1S/C14H23N3O4S2/c1-5-12-15-9(2)13(22-12)14(18)16-11-7-21-6-10(11)8-23(19,20)17(3)4/h10-11H,5-8H2,1-4H3,(H,16,18)/t10-,11+/m0/s1. The van der Waals surface area contributed by atoms with E-state index < -0.39 is 10.0 Å². The first kappa shape index (κ1) is 18.3. The van der Waals surface area contributed by atoms with Gasteiger partial charge in [-0.2, -0.15) is 0 Å². The van der Waals surface area contributed by atoms with Crippen molar-refractivity contribution in [2.75, 3.05) is 33.1 Å². The van der Waals surface area contributed by atoms with E-state index in [0.717, 1.165) is 11.4 Å². The molecule has 7 nitrogen and oxygen atoms in total. The largest absolute Gasteiger partial charge is 0.379 e. The molecule has 1 amide bonds. The van der Waals surface area contributed by atoms with E-state index in [1.165, 1.54) is 29.7 Å². The summed E-state index contributed by atoms with van der Waals surface area (Å²) in [5, 5.41) is 3.83. The Morgan fingerprint density at radius 2 is 2.13 bits per heavy atom. The lowest BCUT2D eigenvalue weighted by atomic mass is 10.1. The Kier molecular flexibility index (Phi) is 5.77. The Labute approximate surface area is 141 Å². The maximum Gasteiger partial charge on any atom is 0.263 e. The summed E-state index contributed by atoms with van der Waals surface area (Å²) in [7, 11) is -0.319. The normalized spacial score (nSPS) is 21.8. The summed E-state index contributed by atoms with van der Waals surface area (Å²) in [6.07, 6.45) is 0.787. The fourth-order valence-electron chi connectivity index (χ4n) is 2.39. The molecule has 2 rings (SSSR count). The minimum atomic E-state index is -3.33. The molecule has 1 N–H and O–H groups in total. The van der Waals surface area contributed by atoms with E-state index in [4.69, 9.17) is 4.74 Å². The average Bonchev–Trinajstić information content (AvgIpc) is 3.05. The highest BCUT2D eigenvalue weighted by Gasteiger charge is 2.34. The monoisotopic (exact) mass is 361 g/mol. The average molecular weight is 361 g/mol. The molecular formula is C14H23N3O4S2. The number of nitrogens with one attached hydrogen (secondary N) is 1. The van der Waals surface area contributed by atoms with Crippen molar-refractivity contribution < 1.29 is 17.9 Å². The van der Waals surface area contributed by atoms with Crippen LogP contribution in [0.2, 0.25) is 0 Å². The summed E-state index contributed by atoms with van der Waals surface area (Å²) < 4.78 is 30.6. The number of sulfonamides is 1. The molecule has 23 heavy (non-hydrogen) atoms. The van der Waals surface area contributed by atoms with Crippen LogP contribution in [0.15, 0.2) is 0 Å².